The van der Waals surface area contributed by atoms with Crippen molar-refractivity contribution in [2.45, 2.75) is 31.6 Å². The zero-order chi connectivity index (χ0) is 26.5. The summed E-state index contributed by atoms with van der Waals surface area (Å²) in [5, 5.41) is 6.66. The summed E-state index contributed by atoms with van der Waals surface area (Å²) in [5.74, 6) is -3.65. The molecule has 0 aliphatic heterocycles. The van der Waals surface area contributed by atoms with Crippen molar-refractivity contribution in [2.24, 2.45) is 0 Å². The predicted molar refractivity (Wildman–Crippen MR) is 111 cm³/mol. The van der Waals surface area contributed by atoms with Crippen LogP contribution in [-0.4, -0.2) is 15.1 Å². The van der Waals surface area contributed by atoms with E-state index in [2.05, 4.69) is 26.2 Å². The van der Waals surface area contributed by atoms with Crippen LogP contribution in [0.15, 0.2) is 48.5 Å². The first-order valence-electron chi connectivity index (χ1n) is 10.2. The number of nitrogens with zero attached hydrogens (tertiary/aromatic N) is 4. The average molecular weight is 705 g/mol. The summed E-state index contributed by atoms with van der Waals surface area (Å²) in [7, 11) is 0. The maximum atomic E-state index is 14.7. The third-order valence-corrected chi connectivity index (χ3v) is 5.43. The molecule has 0 aliphatic rings. The van der Waals surface area contributed by atoms with Gasteiger partial charge < -0.3 is 15.2 Å². The Morgan fingerprint density at radius 3 is 1.89 bits per heavy atom. The van der Waals surface area contributed by atoms with Crippen molar-refractivity contribution in [1.82, 2.24) is 20.2 Å². The van der Waals surface area contributed by atoms with Gasteiger partial charge in [0.15, 0.2) is 0 Å². The van der Waals surface area contributed by atoms with Gasteiger partial charge in [-0.05, 0) is 43.8 Å². The van der Waals surface area contributed by atoms with Gasteiger partial charge in [0.2, 0.25) is 0 Å². The van der Waals surface area contributed by atoms with E-state index < -0.39 is 46.2 Å². The van der Waals surface area contributed by atoms with Gasteiger partial charge >= 0.3 is 33.4 Å². The fraction of sp³-hybridized carbons (Fsp3) is 0.208. The molecule has 0 bridgehead atoms. The van der Waals surface area contributed by atoms with Crippen LogP contribution in [0.4, 0.5) is 35.1 Å². The second-order valence-electron chi connectivity index (χ2n) is 8.25. The number of hydrogen-bond acceptors (Lipinski definition) is 3. The van der Waals surface area contributed by atoms with Crippen LogP contribution in [0.3, 0.4) is 0 Å². The third-order valence-electron chi connectivity index (χ3n) is 5.43. The van der Waals surface area contributed by atoms with Crippen molar-refractivity contribution in [2.75, 3.05) is 0 Å². The molecule has 4 rings (SSSR count). The molecular weight excluding hydrogens is 691 g/mol. The van der Waals surface area contributed by atoms with Gasteiger partial charge in [-0.3, -0.25) is 13.8 Å². The first-order chi connectivity index (χ1) is 16.7. The Morgan fingerprint density at radius 1 is 0.784 bits per heavy atom. The molecule has 0 atom stereocenters. The Balaban J connectivity index is 0.00000380. The normalized spacial score (nSPS) is 12.4. The van der Waals surface area contributed by atoms with E-state index in [-0.39, 0.29) is 43.8 Å². The van der Waals surface area contributed by atoms with E-state index in [1.807, 2.05) is 0 Å². The molecule has 0 spiro atoms. The van der Waals surface area contributed by atoms with Crippen LogP contribution in [-0.2, 0) is 38.8 Å². The minimum atomic E-state index is -5.27. The van der Waals surface area contributed by atoms with E-state index in [1.54, 1.807) is 19.9 Å². The van der Waals surface area contributed by atoms with E-state index >= 15 is 0 Å². The van der Waals surface area contributed by atoms with E-state index in [4.69, 9.17) is 0 Å². The number of rotatable bonds is 4. The average Bonchev–Trinajstić information content (AvgIpc) is 3.30. The second-order valence-corrected chi connectivity index (χ2v) is 8.25. The number of alkyl halides is 6. The summed E-state index contributed by atoms with van der Waals surface area (Å²) in [6.45, 7) is 3.32. The van der Waals surface area contributed by atoms with Crippen molar-refractivity contribution < 1.29 is 56.2 Å². The number of aromatic nitrogens is 4. The molecule has 0 radical (unpaired) electrons. The molecule has 0 amide bonds. The van der Waals surface area contributed by atoms with Crippen molar-refractivity contribution in [1.29, 1.82) is 0 Å². The van der Waals surface area contributed by atoms with Gasteiger partial charge in [-0.1, -0.05) is 29.5 Å². The van der Waals surface area contributed by atoms with Gasteiger partial charge in [-0.2, -0.15) is 26.3 Å². The molecule has 0 fully saturated rings. The number of benzene rings is 1. The topological polar surface area (TPSA) is 52.8 Å². The van der Waals surface area contributed by atoms with E-state index in [9.17, 15) is 35.1 Å². The quantitative estimate of drug-likeness (QED) is 0.178. The van der Waals surface area contributed by atoms with Gasteiger partial charge in [-0.15, -0.1) is 12.1 Å². The van der Waals surface area contributed by atoms with Gasteiger partial charge in [0.1, 0.15) is 5.69 Å². The maximum Gasteiger partial charge on any atom is 2.00 e. The van der Waals surface area contributed by atoms with Gasteiger partial charge in [-0.25, -0.2) is 0 Å². The Morgan fingerprint density at radius 2 is 1.35 bits per heavy atom. The molecule has 3 heterocycles. The summed E-state index contributed by atoms with van der Waals surface area (Å²) >= 11 is 0. The first-order valence-corrected chi connectivity index (χ1v) is 10.2. The van der Waals surface area contributed by atoms with Gasteiger partial charge in [0.25, 0.3) is 0 Å². The van der Waals surface area contributed by atoms with Crippen molar-refractivity contribution in [3.63, 3.8) is 0 Å². The smallest absolute Gasteiger partial charge is 0.573 e. The van der Waals surface area contributed by atoms with Crippen LogP contribution in [0.5, 0.6) is 0 Å². The molecule has 196 valence electrons. The van der Waals surface area contributed by atoms with E-state index in [0.29, 0.717) is 11.8 Å². The zero-order valence-corrected chi connectivity index (χ0v) is 21.0. The van der Waals surface area contributed by atoms with Crippen LogP contribution in [0.2, 0.25) is 0 Å². The largest absolute Gasteiger partial charge is 2.00 e. The van der Waals surface area contributed by atoms with Crippen molar-refractivity contribution in [3.05, 3.63) is 88.9 Å². The molecule has 0 unspecified atom stereocenters. The monoisotopic (exact) mass is 705 g/mol. The fourth-order valence-electron chi connectivity index (χ4n) is 3.48. The molecule has 0 saturated carbocycles. The molecule has 4 aromatic rings. The van der Waals surface area contributed by atoms with Crippen LogP contribution in [0, 0.1) is 17.7 Å². The molecular formula is C24H14F8N4Pt. The second kappa shape index (κ2) is 9.96. The molecule has 4 nitrogen and oxygen atoms in total. The molecule has 3 aromatic heterocycles. The SMILES string of the molecule is CC(C)(c1cccc(-c2cc(C(F)(F)F)n[n-]2)n1)c1cccc(-c2[c-]cc(F)c(C(F)(F)F)c2F)n1.[Pt+2]. The summed E-state index contributed by atoms with van der Waals surface area (Å²) in [6, 6.07) is 12.0. The minimum absolute atomic E-state index is 0. The molecule has 1 aromatic carbocycles. The summed E-state index contributed by atoms with van der Waals surface area (Å²) < 4.78 is 106. The van der Waals surface area contributed by atoms with Crippen LogP contribution >= 0.6 is 0 Å². The standard InChI is InChI=1S/C24H14F8N4.Pt/c1-22(2,18-8-4-6-15(34-18)16-11-19(36-35-16)23(27,28)29)17-7-3-5-14(33-17)12-9-10-13(25)20(21(12)26)24(30,31)32;/h3-8,10-11H,1-2H3;/q-2;+2. The summed E-state index contributed by atoms with van der Waals surface area (Å²) in [5.41, 5.74) is -4.58. The van der Waals surface area contributed by atoms with Gasteiger partial charge in [0, 0.05) is 22.4 Å². The number of pyridine rings is 2. The zero-order valence-electron chi connectivity index (χ0n) is 18.7. The Hall–Kier alpha value is -3.14. The third kappa shape index (κ3) is 5.58. The number of hydrogen-bond donors (Lipinski definition) is 0. The predicted octanol–water partition coefficient (Wildman–Crippen LogP) is 6.60. The van der Waals surface area contributed by atoms with E-state index in [1.165, 1.54) is 30.3 Å². The maximum absolute atomic E-state index is 14.7. The summed E-state index contributed by atoms with van der Waals surface area (Å²) in [4.78, 5) is 8.64. The fourth-order valence-corrected chi connectivity index (χ4v) is 3.48. The number of halogens is 8. The molecule has 0 saturated heterocycles. The Bertz CT molecular complexity index is 1430. The van der Waals surface area contributed by atoms with Crippen molar-refractivity contribution >= 4 is 0 Å². The Labute approximate surface area is 219 Å². The van der Waals surface area contributed by atoms with Crippen LogP contribution in [0.1, 0.15) is 36.5 Å². The molecule has 37 heavy (non-hydrogen) atoms. The molecule has 13 heteroatoms. The molecule has 0 aliphatic carbocycles. The van der Waals surface area contributed by atoms with Crippen LogP contribution < -0.4 is 5.10 Å². The minimum Gasteiger partial charge on any atom is -0.573 e. The molecule has 0 N–H and O–H groups in total. The first kappa shape index (κ1) is 28.4. The van der Waals surface area contributed by atoms with Crippen molar-refractivity contribution in [3.8, 4) is 22.6 Å². The Kier molecular flexibility index (Phi) is 7.65. The van der Waals surface area contributed by atoms with Crippen LogP contribution in [0.25, 0.3) is 22.6 Å². The summed E-state index contributed by atoms with van der Waals surface area (Å²) in [6.07, 6.45) is -9.94. The van der Waals surface area contributed by atoms with E-state index in [0.717, 1.165) is 6.07 Å². The van der Waals surface area contributed by atoms with Gasteiger partial charge in [0.05, 0.1) is 17.3 Å².